The first-order valence-electron chi connectivity index (χ1n) is 4.80. The van der Waals surface area contributed by atoms with Crippen molar-refractivity contribution in [2.24, 2.45) is 0 Å². The van der Waals surface area contributed by atoms with E-state index < -0.39 is 0 Å². The van der Waals surface area contributed by atoms with Gasteiger partial charge < -0.3 is 9.73 Å². The number of halogens is 1. The van der Waals surface area contributed by atoms with Gasteiger partial charge in [-0.15, -0.1) is 0 Å². The Morgan fingerprint density at radius 3 is 3.06 bits per heavy atom. The SMILES string of the molecule is CNCc1cccc(F)c1Sc1ncco1. The molecule has 84 valence electrons. The van der Waals surface area contributed by atoms with Crippen molar-refractivity contribution in [3.8, 4) is 0 Å². The maximum absolute atomic E-state index is 13.6. The van der Waals surface area contributed by atoms with Crippen molar-refractivity contribution in [1.29, 1.82) is 0 Å². The molecule has 0 bridgehead atoms. The van der Waals surface area contributed by atoms with E-state index in [0.717, 1.165) is 5.56 Å². The number of rotatable bonds is 4. The molecule has 0 atom stereocenters. The maximum Gasteiger partial charge on any atom is 0.260 e. The third-order valence-corrected chi connectivity index (χ3v) is 3.05. The molecule has 0 fully saturated rings. The van der Waals surface area contributed by atoms with Gasteiger partial charge in [-0.3, -0.25) is 0 Å². The summed E-state index contributed by atoms with van der Waals surface area (Å²) in [5.74, 6) is -0.254. The molecule has 0 amide bonds. The average molecular weight is 238 g/mol. The van der Waals surface area contributed by atoms with Crippen molar-refractivity contribution in [3.63, 3.8) is 0 Å². The number of oxazole rings is 1. The van der Waals surface area contributed by atoms with Gasteiger partial charge in [-0.2, -0.15) is 0 Å². The second-order valence-electron chi connectivity index (χ2n) is 3.16. The average Bonchev–Trinajstić information content (AvgIpc) is 2.76. The Morgan fingerprint density at radius 2 is 2.38 bits per heavy atom. The lowest BCUT2D eigenvalue weighted by Crippen LogP contribution is -2.06. The Labute approximate surface area is 97.1 Å². The van der Waals surface area contributed by atoms with Crippen LogP contribution in [0.5, 0.6) is 0 Å². The first kappa shape index (κ1) is 11.2. The van der Waals surface area contributed by atoms with E-state index in [1.165, 1.54) is 24.1 Å². The lowest BCUT2D eigenvalue weighted by Gasteiger charge is -2.07. The number of nitrogens with one attached hydrogen (secondary N) is 1. The van der Waals surface area contributed by atoms with Gasteiger partial charge in [-0.05, 0) is 30.4 Å². The first-order chi connectivity index (χ1) is 7.81. The fraction of sp³-hybridized carbons (Fsp3) is 0.182. The van der Waals surface area contributed by atoms with E-state index in [1.807, 2.05) is 13.1 Å². The summed E-state index contributed by atoms with van der Waals surface area (Å²) in [6, 6.07) is 5.01. The molecule has 1 aromatic heterocycles. The molecule has 2 rings (SSSR count). The summed E-state index contributed by atoms with van der Waals surface area (Å²) >= 11 is 1.19. The molecule has 16 heavy (non-hydrogen) atoms. The summed E-state index contributed by atoms with van der Waals surface area (Å²) in [5, 5.41) is 3.45. The molecule has 1 aromatic carbocycles. The summed E-state index contributed by atoms with van der Waals surface area (Å²) in [6.07, 6.45) is 3.02. The van der Waals surface area contributed by atoms with Gasteiger partial charge >= 0.3 is 0 Å². The third-order valence-electron chi connectivity index (χ3n) is 2.01. The number of nitrogens with zero attached hydrogens (tertiary/aromatic N) is 1. The molecule has 5 heteroatoms. The monoisotopic (exact) mass is 238 g/mol. The summed E-state index contributed by atoms with van der Waals surface area (Å²) in [4.78, 5) is 4.52. The minimum Gasteiger partial charge on any atom is -0.440 e. The van der Waals surface area contributed by atoms with Crippen molar-refractivity contribution in [1.82, 2.24) is 10.3 Å². The van der Waals surface area contributed by atoms with Gasteiger partial charge in [0.15, 0.2) is 0 Å². The van der Waals surface area contributed by atoms with Crippen LogP contribution in [0.1, 0.15) is 5.56 Å². The van der Waals surface area contributed by atoms with E-state index >= 15 is 0 Å². The Bertz CT molecular complexity index is 459. The molecule has 0 aliphatic carbocycles. The van der Waals surface area contributed by atoms with E-state index in [4.69, 9.17) is 4.42 Å². The summed E-state index contributed by atoms with van der Waals surface area (Å²) in [5.41, 5.74) is 0.894. The van der Waals surface area contributed by atoms with Crippen molar-refractivity contribution >= 4 is 11.8 Å². The topological polar surface area (TPSA) is 38.1 Å². The van der Waals surface area contributed by atoms with E-state index in [2.05, 4.69) is 10.3 Å². The molecular formula is C11H11FN2OS. The highest BCUT2D eigenvalue weighted by Gasteiger charge is 2.11. The Hall–Kier alpha value is -1.33. The van der Waals surface area contributed by atoms with Crippen molar-refractivity contribution in [3.05, 3.63) is 42.0 Å². The highest BCUT2D eigenvalue weighted by atomic mass is 32.2. The maximum atomic E-state index is 13.6. The standard InChI is InChI=1S/C11H11FN2OS/c1-13-7-8-3-2-4-9(12)10(8)16-11-14-5-6-15-11/h2-6,13H,7H2,1H3. The number of benzene rings is 1. The first-order valence-corrected chi connectivity index (χ1v) is 5.62. The quantitative estimate of drug-likeness (QED) is 0.888. The molecule has 0 saturated heterocycles. The van der Waals surface area contributed by atoms with Crippen molar-refractivity contribution < 1.29 is 8.81 Å². The van der Waals surface area contributed by atoms with Crippen LogP contribution in [0.2, 0.25) is 0 Å². The van der Waals surface area contributed by atoms with Crippen LogP contribution < -0.4 is 5.32 Å². The van der Waals surface area contributed by atoms with Crippen molar-refractivity contribution in [2.75, 3.05) is 7.05 Å². The fourth-order valence-electron chi connectivity index (χ4n) is 1.35. The van der Waals surface area contributed by atoms with Crippen molar-refractivity contribution in [2.45, 2.75) is 16.7 Å². The lowest BCUT2D eigenvalue weighted by atomic mass is 10.2. The normalized spacial score (nSPS) is 10.6. The van der Waals surface area contributed by atoms with Crippen LogP contribution in [0, 0.1) is 5.82 Å². The van der Waals surface area contributed by atoms with Crippen LogP contribution >= 0.6 is 11.8 Å². The molecule has 0 saturated carbocycles. The predicted octanol–water partition coefficient (Wildman–Crippen LogP) is 2.68. The molecular weight excluding hydrogens is 227 g/mol. The third kappa shape index (κ3) is 2.43. The van der Waals surface area contributed by atoms with Gasteiger partial charge in [0.05, 0.1) is 11.1 Å². The predicted molar refractivity (Wildman–Crippen MR) is 59.8 cm³/mol. The Balaban J connectivity index is 2.30. The fourth-order valence-corrected chi connectivity index (χ4v) is 2.17. The largest absolute Gasteiger partial charge is 0.440 e. The van der Waals surface area contributed by atoms with Gasteiger partial charge in [-0.1, -0.05) is 12.1 Å². The molecule has 2 aromatic rings. The molecule has 0 aliphatic heterocycles. The second-order valence-corrected chi connectivity index (χ2v) is 4.12. The van der Waals surface area contributed by atoms with Gasteiger partial charge in [-0.25, -0.2) is 9.37 Å². The Morgan fingerprint density at radius 1 is 1.50 bits per heavy atom. The smallest absolute Gasteiger partial charge is 0.260 e. The van der Waals surface area contributed by atoms with E-state index in [-0.39, 0.29) is 5.82 Å². The zero-order chi connectivity index (χ0) is 11.4. The van der Waals surface area contributed by atoms with Gasteiger partial charge in [0.2, 0.25) is 0 Å². The molecule has 0 unspecified atom stereocenters. The Kier molecular flexibility index (Phi) is 3.58. The van der Waals surface area contributed by atoms with E-state index in [9.17, 15) is 4.39 Å². The minimum absolute atomic E-state index is 0.254. The zero-order valence-corrected chi connectivity index (χ0v) is 9.55. The zero-order valence-electron chi connectivity index (χ0n) is 8.74. The minimum atomic E-state index is -0.254. The van der Waals surface area contributed by atoms with Gasteiger partial charge in [0.1, 0.15) is 12.1 Å². The van der Waals surface area contributed by atoms with Crippen LogP contribution in [0.25, 0.3) is 0 Å². The summed E-state index contributed by atoms with van der Waals surface area (Å²) in [6.45, 7) is 0.612. The number of aromatic nitrogens is 1. The van der Waals surface area contributed by atoms with Gasteiger partial charge in [0.25, 0.3) is 5.22 Å². The second kappa shape index (κ2) is 5.14. The van der Waals surface area contributed by atoms with Crippen LogP contribution in [-0.4, -0.2) is 12.0 Å². The lowest BCUT2D eigenvalue weighted by molar-refractivity contribution is 0.453. The molecule has 0 radical (unpaired) electrons. The number of hydrogen-bond acceptors (Lipinski definition) is 4. The summed E-state index contributed by atoms with van der Waals surface area (Å²) < 4.78 is 18.7. The molecule has 1 N–H and O–H groups in total. The number of hydrogen-bond donors (Lipinski definition) is 1. The van der Waals surface area contributed by atoms with Gasteiger partial charge in [0, 0.05) is 6.54 Å². The summed E-state index contributed by atoms with van der Waals surface area (Å²) in [7, 11) is 1.82. The van der Waals surface area contributed by atoms with E-state index in [1.54, 1.807) is 12.3 Å². The van der Waals surface area contributed by atoms with Crippen LogP contribution in [-0.2, 0) is 6.54 Å². The molecule has 1 heterocycles. The highest BCUT2D eigenvalue weighted by Crippen LogP contribution is 2.31. The van der Waals surface area contributed by atoms with E-state index in [0.29, 0.717) is 16.7 Å². The highest BCUT2D eigenvalue weighted by molar-refractivity contribution is 7.99. The molecule has 3 nitrogen and oxygen atoms in total. The van der Waals surface area contributed by atoms with Crippen LogP contribution in [0.4, 0.5) is 4.39 Å². The molecule has 0 aliphatic rings. The van der Waals surface area contributed by atoms with Crippen LogP contribution in [0.15, 0.2) is 45.2 Å². The van der Waals surface area contributed by atoms with Crippen LogP contribution in [0.3, 0.4) is 0 Å². The molecule has 0 spiro atoms.